The van der Waals surface area contributed by atoms with Gasteiger partial charge in [0.1, 0.15) is 12.2 Å². The first-order valence-corrected chi connectivity index (χ1v) is 8.92. The van der Waals surface area contributed by atoms with Gasteiger partial charge in [0.2, 0.25) is 5.91 Å². The van der Waals surface area contributed by atoms with Crippen LogP contribution in [0.15, 0.2) is 6.33 Å². The van der Waals surface area contributed by atoms with Gasteiger partial charge < -0.3 is 10.2 Å². The predicted octanol–water partition coefficient (Wildman–Crippen LogP) is 2.38. The molecule has 0 spiro atoms. The van der Waals surface area contributed by atoms with Crippen molar-refractivity contribution < 1.29 is 4.79 Å². The molecule has 23 heavy (non-hydrogen) atoms. The fraction of sp³-hybridized carbons (Fsp3) is 0.824. The molecule has 0 unspecified atom stereocenters. The Labute approximate surface area is 139 Å². The topological polar surface area (TPSA) is 63.1 Å². The molecular weight excluding hydrogens is 290 g/mol. The standard InChI is InChI=1S/C17H31N5O/c1-5-8-22-17(18-12-19-22)14(4)20-16(23)11-15-6-9-21(10-7-15)13(2)3/h12-15H,5-11H2,1-4H3,(H,20,23)/t14-/m0/s1. The molecule has 6 nitrogen and oxygen atoms in total. The highest BCUT2D eigenvalue weighted by Crippen LogP contribution is 2.22. The summed E-state index contributed by atoms with van der Waals surface area (Å²) < 4.78 is 1.88. The highest BCUT2D eigenvalue weighted by molar-refractivity contribution is 5.76. The Morgan fingerprint density at radius 2 is 2.04 bits per heavy atom. The molecule has 0 aliphatic carbocycles. The minimum absolute atomic E-state index is 0.0905. The minimum Gasteiger partial charge on any atom is -0.346 e. The molecule has 2 heterocycles. The van der Waals surface area contributed by atoms with Gasteiger partial charge >= 0.3 is 0 Å². The highest BCUT2D eigenvalue weighted by Gasteiger charge is 2.24. The van der Waals surface area contributed by atoms with Crippen LogP contribution in [-0.2, 0) is 11.3 Å². The van der Waals surface area contributed by atoms with Crippen molar-refractivity contribution in [3.05, 3.63) is 12.2 Å². The van der Waals surface area contributed by atoms with Gasteiger partial charge in [-0.25, -0.2) is 9.67 Å². The molecule has 1 fully saturated rings. The zero-order valence-electron chi connectivity index (χ0n) is 15.0. The van der Waals surface area contributed by atoms with Crippen LogP contribution >= 0.6 is 0 Å². The summed E-state index contributed by atoms with van der Waals surface area (Å²) in [6.07, 6.45) is 5.43. The van der Waals surface area contributed by atoms with Gasteiger partial charge in [-0.05, 0) is 59.0 Å². The Hall–Kier alpha value is -1.43. The third-order valence-electron chi connectivity index (χ3n) is 4.70. The zero-order chi connectivity index (χ0) is 16.8. The third kappa shape index (κ3) is 5.03. The van der Waals surface area contributed by atoms with Crippen LogP contribution < -0.4 is 5.32 Å². The molecule has 2 rings (SSSR count). The average Bonchev–Trinajstić information content (AvgIpc) is 2.96. The van der Waals surface area contributed by atoms with Crippen molar-refractivity contribution in [2.75, 3.05) is 13.1 Å². The lowest BCUT2D eigenvalue weighted by Crippen LogP contribution is -2.40. The number of nitrogens with zero attached hydrogens (tertiary/aromatic N) is 4. The Morgan fingerprint density at radius 1 is 1.35 bits per heavy atom. The van der Waals surface area contributed by atoms with Crippen LogP contribution in [0, 0.1) is 5.92 Å². The molecular formula is C17H31N5O. The summed E-state index contributed by atoms with van der Waals surface area (Å²) in [6.45, 7) is 11.6. The summed E-state index contributed by atoms with van der Waals surface area (Å²) in [5.41, 5.74) is 0. The number of likely N-dealkylation sites (tertiary alicyclic amines) is 1. The number of aryl methyl sites for hydroxylation is 1. The summed E-state index contributed by atoms with van der Waals surface area (Å²) >= 11 is 0. The van der Waals surface area contributed by atoms with Crippen molar-refractivity contribution in [3.8, 4) is 0 Å². The van der Waals surface area contributed by atoms with Crippen molar-refractivity contribution in [1.29, 1.82) is 0 Å². The van der Waals surface area contributed by atoms with E-state index in [1.807, 2.05) is 11.6 Å². The second kappa shape index (κ2) is 8.43. The van der Waals surface area contributed by atoms with Crippen molar-refractivity contribution in [2.45, 2.75) is 72.0 Å². The van der Waals surface area contributed by atoms with Crippen molar-refractivity contribution in [3.63, 3.8) is 0 Å². The number of nitrogens with one attached hydrogen (secondary N) is 1. The number of carbonyl (C=O) groups excluding carboxylic acids is 1. The molecule has 1 aromatic rings. The first kappa shape index (κ1) is 17.9. The minimum atomic E-state index is -0.0905. The molecule has 6 heteroatoms. The molecule has 1 amide bonds. The normalized spacial score (nSPS) is 18.3. The van der Waals surface area contributed by atoms with E-state index in [0.29, 0.717) is 18.4 Å². The maximum atomic E-state index is 12.3. The van der Waals surface area contributed by atoms with Crippen LogP contribution in [0.3, 0.4) is 0 Å². The predicted molar refractivity (Wildman–Crippen MR) is 90.9 cm³/mol. The molecule has 0 aromatic carbocycles. The maximum Gasteiger partial charge on any atom is 0.220 e. The number of piperidine rings is 1. The average molecular weight is 321 g/mol. The van der Waals surface area contributed by atoms with Gasteiger partial charge in [0.05, 0.1) is 6.04 Å². The Balaban J connectivity index is 1.79. The molecule has 0 radical (unpaired) electrons. The number of hydrogen-bond donors (Lipinski definition) is 1. The van der Waals surface area contributed by atoms with E-state index in [4.69, 9.17) is 0 Å². The number of aromatic nitrogens is 3. The molecule has 1 saturated heterocycles. The van der Waals surface area contributed by atoms with Gasteiger partial charge in [0.25, 0.3) is 0 Å². The SMILES string of the molecule is CCCn1ncnc1[C@H](C)NC(=O)CC1CCN(C(C)C)CC1. The van der Waals surface area contributed by atoms with E-state index in [1.54, 1.807) is 6.33 Å². The van der Waals surface area contributed by atoms with Gasteiger partial charge in [-0.3, -0.25) is 4.79 Å². The smallest absolute Gasteiger partial charge is 0.220 e. The number of carbonyl (C=O) groups is 1. The summed E-state index contributed by atoms with van der Waals surface area (Å²) in [7, 11) is 0. The largest absolute Gasteiger partial charge is 0.346 e. The van der Waals surface area contributed by atoms with Crippen LogP contribution in [-0.4, -0.2) is 44.7 Å². The molecule has 1 atom stereocenters. The van der Waals surface area contributed by atoms with Crippen LogP contribution in [0.5, 0.6) is 0 Å². The molecule has 0 saturated carbocycles. The third-order valence-corrected chi connectivity index (χ3v) is 4.70. The zero-order valence-corrected chi connectivity index (χ0v) is 15.0. The Morgan fingerprint density at radius 3 is 2.65 bits per heavy atom. The van der Waals surface area contributed by atoms with E-state index in [1.165, 1.54) is 0 Å². The van der Waals surface area contributed by atoms with Gasteiger partial charge in [0.15, 0.2) is 0 Å². The van der Waals surface area contributed by atoms with Crippen molar-refractivity contribution in [2.24, 2.45) is 5.92 Å². The quantitative estimate of drug-likeness (QED) is 0.837. The van der Waals surface area contributed by atoms with Crippen LogP contribution in [0.1, 0.15) is 65.2 Å². The molecule has 130 valence electrons. The maximum absolute atomic E-state index is 12.3. The molecule has 1 aliphatic heterocycles. The summed E-state index contributed by atoms with van der Waals surface area (Å²) in [4.78, 5) is 19.1. The van der Waals surface area contributed by atoms with Gasteiger partial charge in [-0.2, -0.15) is 5.10 Å². The monoisotopic (exact) mass is 321 g/mol. The highest BCUT2D eigenvalue weighted by atomic mass is 16.1. The van der Waals surface area contributed by atoms with Crippen LogP contribution in [0.2, 0.25) is 0 Å². The lowest BCUT2D eigenvalue weighted by atomic mass is 9.92. The first-order valence-electron chi connectivity index (χ1n) is 8.92. The van der Waals surface area contributed by atoms with E-state index in [0.717, 1.165) is 44.7 Å². The van der Waals surface area contributed by atoms with Gasteiger partial charge in [-0.15, -0.1) is 0 Å². The van der Waals surface area contributed by atoms with Crippen molar-refractivity contribution in [1.82, 2.24) is 25.0 Å². The molecule has 0 bridgehead atoms. The van der Waals surface area contributed by atoms with E-state index in [-0.39, 0.29) is 11.9 Å². The number of rotatable bonds is 7. The number of hydrogen-bond acceptors (Lipinski definition) is 4. The van der Waals surface area contributed by atoms with Crippen molar-refractivity contribution >= 4 is 5.91 Å². The Kier molecular flexibility index (Phi) is 6.57. The summed E-state index contributed by atoms with van der Waals surface area (Å²) in [5, 5.41) is 7.31. The van der Waals surface area contributed by atoms with Crippen LogP contribution in [0.25, 0.3) is 0 Å². The lowest BCUT2D eigenvalue weighted by Gasteiger charge is -2.34. The van der Waals surface area contributed by atoms with E-state index in [9.17, 15) is 4.79 Å². The number of amides is 1. The molecule has 1 aromatic heterocycles. The summed E-state index contributed by atoms with van der Waals surface area (Å²) in [6, 6.07) is 0.516. The van der Waals surface area contributed by atoms with E-state index in [2.05, 4.69) is 41.1 Å². The summed E-state index contributed by atoms with van der Waals surface area (Å²) in [5.74, 6) is 1.48. The van der Waals surface area contributed by atoms with Gasteiger partial charge in [-0.1, -0.05) is 6.92 Å². The van der Waals surface area contributed by atoms with Crippen LogP contribution in [0.4, 0.5) is 0 Å². The molecule has 1 N–H and O–H groups in total. The van der Waals surface area contributed by atoms with E-state index < -0.39 is 0 Å². The molecule has 1 aliphatic rings. The second-order valence-electron chi connectivity index (χ2n) is 6.91. The second-order valence-corrected chi connectivity index (χ2v) is 6.91. The Bertz CT molecular complexity index is 491. The first-order chi connectivity index (χ1) is 11.0. The lowest BCUT2D eigenvalue weighted by molar-refractivity contribution is -0.123. The fourth-order valence-electron chi connectivity index (χ4n) is 3.29. The fourth-order valence-corrected chi connectivity index (χ4v) is 3.29. The van der Waals surface area contributed by atoms with E-state index >= 15 is 0 Å². The van der Waals surface area contributed by atoms with Gasteiger partial charge in [0, 0.05) is 19.0 Å².